The minimum Gasteiger partial charge on any atom is -0.353 e. The molecule has 0 aromatic rings. The van der Waals surface area contributed by atoms with Crippen LogP contribution >= 0.6 is 0 Å². The highest BCUT2D eigenvalue weighted by atomic mass is 15.3. The third-order valence-corrected chi connectivity index (χ3v) is 2.66. The lowest BCUT2D eigenvalue weighted by Crippen LogP contribution is -2.44. The zero-order valence-electron chi connectivity index (χ0n) is 10.5. The van der Waals surface area contributed by atoms with Crippen LogP contribution in [0.15, 0.2) is 4.99 Å². The Balaban J connectivity index is 2.12. The summed E-state index contributed by atoms with van der Waals surface area (Å²) in [5, 5.41) is 3.16. The first-order valence-electron chi connectivity index (χ1n) is 6.22. The first-order valence-corrected chi connectivity index (χ1v) is 6.22. The summed E-state index contributed by atoms with van der Waals surface area (Å²) >= 11 is 0. The van der Waals surface area contributed by atoms with Gasteiger partial charge in [-0.3, -0.25) is 10.4 Å². The quantitative estimate of drug-likeness (QED) is 0.208. The largest absolute Gasteiger partial charge is 0.353 e. The summed E-state index contributed by atoms with van der Waals surface area (Å²) in [5.41, 5.74) is 2.59. The van der Waals surface area contributed by atoms with Crippen LogP contribution in [-0.4, -0.2) is 43.1 Å². The van der Waals surface area contributed by atoms with Gasteiger partial charge in [-0.25, -0.2) is 5.84 Å². The Kier molecular flexibility index (Phi) is 6.18. The van der Waals surface area contributed by atoms with Gasteiger partial charge in [-0.15, -0.1) is 0 Å². The van der Waals surface area contributed by atoms with Crippen LogP contribution in [0.5, 0.6) is 0 Å². The number of rotatable bonds is 5. The van der Waals surface area contributed by atoms with E-state index in [-0.39, 0.29) is 0 Å². The molecule has 0 aromatic heterocycles. The number of hydrogen-bond donors (Lipinski definition) is 3. The summed E-state index contributed by atoms with van der Waals surface area (Å²) in [6, 6.07) is 0.355. The smallest absolute Gasteiger partial charge is 0.205 e. The molecule has 1 fully saturated rings. The van der Waals surface area contributed by atoms with E-state index in [4.69, 9.17) is 5.84 Å². The lowest BCUT2D eigenvalue weighted by molar-refractivity contribution is 0.336. The van der Waals surface area contributed by atoms with Crippen LogP contribution in [0.25, 0.3) is 0 Å². The fourth-order valence-corrected chi connectivity index (χ4v) is 1.90. The Morgan fingerprint density at radius 1 is 1.38 bits per heavy atom. The highest BCUT2D eigenvalue weighted by Gasteiger charge is 2.09. The first-order chi connectivity index (χ1) is 7.72. The van der Waals surface area contributed by atoms with E-state index < -0.39 is 0 Å². The van der Waals surface area contributed by atoms with Crippen LogP contribution in [-0.2, 0) is 0 Å². The van der Waals surface area contributed by atoms with E-state index in [0.717, 1.165) is 19.5 Å². The van der Waals surface area contributed by atoms with Crippen molar-refractivity contribution in [2.75, 3.05) is 26.2 Å². The molecule has 16 heavy (non-hydrogen) atoms. The molecular formula is C11H25N5. The molecule has 0 unspecified atom stereocenters. The van der Waals surface area contributed by atoms with Gasteiger partial charge in [0.05, 0.1) is 0 Å². The molecule has 5 nitrogen and oxygen atoms in total. The SMILES string of the molecule is CC(C)NC(=NCCCN1CCCC1)NN. The van der Waals surface area contributed by atoms with Crippen LogP contribution in [0.1, 0.15) is 33.1 Å². The Bertz CT molecular complexity index is 208. The average molecular weight is 227 g/mol. The molecule has 0 radical (unpaired) electrons. The Morgan fingerprint density at radius 3 is 2.62 bits per heavy atom. The number of nitrogens with zero attached hydrogens (tertiary/aromatic N) is 2. The number of likely N-dealkylation sites (tertiary alicyclic amines) is 1. The third-order valence-electron chi connectivity index (χ3n) is 2.66. The predicted octanol–water partition coefficient (Wildman–Crippen LogP) is 0.290. The van der Waals surface area contributed by atoms with Crippen molar-refractivity contribution in [2.24, 2.45) is 10.8 Å². The second kappa shape index (κ2) is 7.46. The number of aliphatic imine (C=N–C) groups is 1. The molecule has 0 aliphatic carbocycles. The monoisotopic (exact) mass is 227 g/mol. The zero-order valence-corrected chi connectivity index (χ0v) is 10.5. The molecule has 0 spiro atoms. The normalized spacial score (nSPS) is 18.1. The molecule has 0 bridgehead atoms. The van der Waals surface area contributed by atoms with Crippen molar-refractivity contribution in [1.82, 2.24) is 15.6 Å². The van der Waals surface area contributed by atoms with Crippen LogP contribution in [0.4, 0.5) is 0 Å². The summed E-state index contributed by atoms with van der Waals surface area (Å²) < 4.78 is 0. The van der Waals surface area contributed by atoms with E-state index in [1.807, 2.05) is 0 Å². The standard InChI is InChI=1S/C11H25N5/c1-10(2)14-11(15-12)13-6-5-9-16-7-3-4-8-16/h10H,3-9,12H2,1-2H3,(H2,13,14,15). The van der Waals surface area contributed by atoms with Crippen LogP contribution in [0.2, 0.25) is 0 Å². The summed E-state index contributed by atoms with van der Waals surface area (Å²) in [6.07, 6.45) is 3.81. The fourth-order valence-electron chi connectivity index (χ4n) is 1.90. The molecule has 0 aromatic carbocycles. The first kappa shape index (κ1) is 13.3. The lowest BCUT2D eigenvalue weighted by atomic mass is 10.4. The van der Waals surface area contributed by atoms with Crippen LogP contribution in [0.3, 0.4) is 0 Å². The number of guanidine groups is 1. The van der Waals surface area contributed by atoms with Gasteiger partial charge in [0.25, 0.3) is 0 Å². The molecule has 1 saturated heterocycles. The highest BCUT2D eigenvalue weighted by molar-refractivity contribution is 5.79. The second-order valence-corrected chi connectivity index (χ2v) is 4.58. The highest BCUT2D eigenvalue weighted by Crippen LogP contribution is 2.07. The number of hydrazine groups is 1. The van der Waals surface area contributed by atoms with Gasteiger partial charge in [-0.05, 0) is 52.7 Å². The minimum atomic E-state index is 0.355. The van der Waals surface area contributed by atoms with Gasteiger partial charge in [0.1, 0.15) is 0 Å². The summed E-state index contributed by atoms with van der Waals surface area (Å²) in [5.74, 6) is 6.06. The summed E-state index contributed by atoms with van der Waals surface area (Å²) in [6.45, 7) is 8.64. The van der Waals surface area contributed by atoms with Gasteiger partial charge in [-0.2, -0.15) is 0 Å². The molecule has 0 amide bonds. The van der Waals surface area contributed by atoms with E-state index in [9.17, 15) is 0 Å². The zero-order chi connectivity index (χ0) is 11.8. The number of nitrogens with two attached hydrogens (primary N) is 1. The number of nitrogens with one attached hydrogen (secondary N) is 2. The predicted molar refractivity (Wildman–Crippen MR) is 68.2 cm³/mol. The van der Waals surface area contributed by atoms with Crippen molar-refractivity contribution in [3.8, 4) is 0 Å². The van der Waals surface area contributed by atoms with Crippen molar-refractivity contribution in [3.63, 3.8) is 0 Å². The molecule has 5 heteroatoms. The van der Waals surface area contributed by atoms with Crippen LogP contribution in [0, 0.1) is 0 Å². The molecule has 94 valence electrons. The molecule has 0 saturated carbocycles. The van der Waals surface area contributed by atoms with Gasteiger partial charge < -0.3 is 10.2 Å². The maximum Gasteiger partial charge on any atom is 0.205 e. The third kappa shape index (κ3) is 5.32. The fraction of sp³-hybridized carbons (Fsp3) is 0.909. The molecular weight excluding hydrogens is 202 g/mol. The van der Waals surface area contributed by atoms with E-state index in [1.54, 1.807) is 0 Å². The van der Waals surface area contributed by atoms with Crippen molar-refractivity contribution in [2.45, 2.75) is 39.2 Å². The van der Waals surface area contributed by atoms with Crippen molar-refractivity contribution in [1.29, 1.82) is 0 Å². The van der Waals surface area contributed by atoms with Gasteiger partial charge in [-0.1, -0.05) is 0 Å². The molecule has 1 rings (SSSR count). The van der Waals surface area contributed by atoms with Crippen molar-refractivity contribution < 1.29 is 0 Å². The summed E-state index contributed by atoms with van der Waals surface area (Å²) in [4.78, 5) is 6.89. The second-order valence-electron chi connectivity index (χ2n) is 4.58. The van der Waals surface area contributed by atoms with E-state index in [2.05, 4.69) is 34.5 Å². The molecule has 0 atom stereocenters. The maximum atomic E-state index is 5.37. The Morgan fingerprint density at radius 2 is 2.06 bits per heavy atom. The summed E-state index contributed by atoms with van der Waals surface area (Å²) in [7, 11) is 0. The lowest BCUT2D eigenvalue weighted by Gasteiger charge is -2.14. The van der Waals surface area contributed by atoms with Gasteiger partial charge in [0, 0.05) is 12.6 Å². The molecule has 4 N–H and O–H groups in total. The minimum absolute atomic E-state index is 0.355. The molecule has 1 aliphatic heterocycles. The van der Waals surface area contributed by atoms with Crippen LogP contribution < -0.4 is 16.6 Å². The van der Waals surface area contributed by atoms with E-state index >= 15 is 0 Å². The Hall–Kier alpha value is -0.810. The van der Waals surface area contributed by atoms with Gasteiger partial charge >= 0.3 is 0 Å². The van der Waals surface area contributed by atoms with Gasteiger partial charge in [0.2, 0.25) is 5.96 Å². The average Bonchev–Trinajstić information content (AvgIpc) is 2.74. The molecule has 1 aliphatic rings. The van der Waals surface area contributed by atoms with Gasteiger partial charge in [0.15, 0.2) is 0 Å². The number of hydrogen-bond acceptors (Lipinski definition) is 3. The Labute approximate surface area is 98.4 Å². The van der Waals surface area contributed by atoms with E-state index in [0.29, 0.717) is 12.0 Å². The topological polar surface area (TPSA) is 65.7 Å². The van der Waals surface area contributed by atoms with Crippen molar-refractivity contribution in [3.05, 3.63) is 0 Å². The van der Waals surface area contributed by atoms with Crippen molar-refractivity contribution >= 4 is 5.96 Å². The maximum absolute atomic E-state index is 5.37. The van der Waals surface area contributed by atoms with E-state index in [1.165, 1.54) is 25.9 Å². The molecule has 1 heterocycles.